The Kier molecular flexibility index (Phi) is 5.07. The number of hydrogen-bond donors (Lipinski definition) is 0. The fourth-order valence-corrected chi connectivity index (χ4v) is 5.93. The molecule has 0 atom stereocenters. The molecule has 1 fully saturated rings. The summed E-state index contributed by atoms with van der Waals surface area (Å²) in [4.78, 5) is 1.15. The van der Waals surface area contributed by atoms with Crippen LogP contribution in [0.4, 0.5) is 0 Å². The first kappa shape index (κ1) is 14.7. The van der Waals surface area contributed by atoms with Gasteiger partial charge < -0.3 is 4.74 Å². The van der Waals surface area contributed by atoms with Crippen LogP contribution in [0.25, 0.3) is 0 Å². The van der Waals surface area contributed by atoms with Crippen LogP contribution in [0.3, 0.4) is 0 Å². The van der Waals surface area contributed by atoms with E-state index in [4.69, 9.17) is 16.3 Å². The van der Waals surface area contributed by atoms with E-state index in [2.05, 4.69) is 15.9 Å². The summed E-state index contributed by atoms with van der Waals surface area (Å²) in [5, 5.41) is 0. The fraction of sp³-hybridized carbons (Fsp3) is 0.600. The maximum atomic E-state index is 12.5. The Bertz CT molecular complexity index is 509. The van der Waals surface area contributed by atoms with E-state index in [-0.39, 0.29) is 0 Å². The van der Waals surface area contributed by atoms with Gasteiger partial charge in [-0.15, -0.1) is 22.9 Å². The van der Waals surface area contributed by atoms with Crippen molar-refractivity contribution in [1.29, 1.82) is 0 Å². The van der Waals surface area contributed by atoms with Crippen LogP contribution in [-0.4, -0.2) is 39.0 Å². The van der Waals surface area contributed by atoms with Crippen molar-refractivity contribution in [2.45, 2.75) is 17.2 Å². The Morgan fingerprint density at radius 1 is 1.44 bits per heavy atom. The summed E-state index contributed by atoms with van der Waals surface area (Å²) in [6, 6.07) is 1.64. The second-order valence-corrected chi connectivity index (χ2v) is 8.48. The number of rotatable bonds is 3. The lowest BCUT2D eigenvalue weighted by Gasteiger charge is -2.18. The van der Waals surface area contributed by atoms with Gasteiger partial charge in [0.15, 0.2) is 0 Å². The van der Waals surface area contributed by atoms with Crippen LogP contribution in [0.15, 0.2) is 14.7 Å². The molecule has 0 amide bonds. The molecule has 1 aromatic heterocycles. The largest absolute Gasteiger partial charge is 0.380 e. The van der Waals surface area contributed by atoms with Crippen LogP contribution in [-0.2, 0) is 20.6 Å². The Balaban J connectivity index is 2.31. The number of hydrogen-bond acceptors (Lipinski definition) is 4. The molecule has 0 saturated carbocycles. The van der Waals surface area contributed by atoms with E-state index >= 15 is 0 Å². The predicted molar refractivity (Wildman–Crippen MR) is 75.8 cm³/mol. The molecule has 0 bridgehead atoms. The van der Waals surface area contributed by atoms with Gasteiger partial charge in [-0.25, -0.2) is 8.42 Å². The molecular formula is C10H13BrClNO3S2. The van der Waals surface area contributed by atoms with E-state index in [0.717, 1.165) is 11.3 Å². The van der Waals surface area contributed by atoms with Gasteiger partial charge in [-0.3, -0.25) is 0 Å². The minimum absolute atomic E-state index is 0.310. The first-order chi connectivity index (χ1) is 8.55. The van der Waals surface area contributed by atoms with Gasteiger partial charge in [0.1, 0.15) is 4.90 Å². The van der Waals surface area contributed by atoms with E-state index in [1.54, 1.807) is 6.07 Å². The van der Waals surface area contributed by atoms with Crippen LogP contribution >= 0.6 is 38.9 Å². The minimum Gasteiger partial charge on any atom is -0.380 e. The molecule has 1 aromatic rings. The van der Waals surface area contributed by atoms with E-state index < -0.39 is 10.0 Å². The molecule has 1 aliphatic rings. The lowest BCUT2D eigenvalue weighted by atomic mass is 10.5. The fourth-order valence-electron chi connectivity index (χ4n) is 1.74. The average molecular weight is 375 g/mol. The van der Waals surface area contributed by atoms with Crippen LogP contribution in [0.1, 0.15) is 11.3 Å². The Morgan fingerprint density at radius 3 is 2.89 bits per heavy atom. The van der Waals surface area contributed by atoms with Gasteiger partial charge in [-0.2, -0.15) is 4.31 Å². The zero-order valence-electron chi connectivity index (χ0n) is 9.56. The highest BCUT2D eigenvalue weighted by Crippen LogP contribution is 2.34. The number of alkyl halides is 1. The highest BCUT2D eigenvalue weighted by atomic mass is 79.9. The van der Waals surface area contributed by atoms with Crippen molar-refractivity contribution in [2.75, 3.05) is 26.3 Å². The second-order valence-electron chi connectivity index (χ2n) is 3.85. The summed E-state index contributed by atoms with van der Waals surface area (Å²) in [6.07, 6.45) is 0.726. The monoisotopic (exact) mass is 373 g/mol. The summed E-state index contributed by atoms with van der Waals surface area (Å²) in [5.74, 6) is 0.321. The topological polar surface area (TPSA) is 46.6 Å². The highest BCUT2D eigenvalue weighted by Gasteiger charge is 2.28. The molecular weight excluding hydrogens is 362 g/mol. The van der Waals surface area contributed by atoms with Gasteiger partial charge in [-0.1, -0.05) is 0 Å². The Labute approximate surface area is 124 Å². The first-order valence-electron chi connectivity index (χ1n) is 5.48. The highest BCUT2D eigenvalue weighted by molar-refractivity contribution is 9.11. The molecule has 8 heteroatoms. The number of ether oxygens (including phenoxy) is 1. The third-order valence-corrected chi connectivity index (χ3v) is 7.23. The molecule has 0 radical (unpaired) electrons. The first-order valence-corrected chi connectivity index (χ1v) is 9.06. The molecule has 4 nitrogen and oxygen atoms in total. The van der Waals surface area contributed by atoms with Gasteiger partial charge >= 0.3 is 0 Å². The summed E-state index contributed by atoms with van der Waals surface area (Å²) in [6.45, 7) is 1.97. The molecule has 18 heavy (non-hydrogen) atoms. The molecule has 102 valence electrons. The third-order valence-electron chi connectivity index (χ3n) is 2.64. The van der Waals surface area contributed by atoms with E-state index in [1.165, 1.54) is 15.6 Å². The standard InChI is InChI=1S/C10H13BrClNO3S2/c11-10-9(6-8(7-12)17-10)18(14,15)13-2-1-4-16-5-3-13/h6H,1-5,7H2. The number of thiophene rings is 1. The van der Waals surface area contributed by atoms with Crippen LogP contribution in [0, 0.1) is 0 Å². The van der Waals surface area contributed by atoms with Crippen molar-refractivity contribution >= 4 is 48.9 Å². The summed E-state index contributed by atoms with van der Waals surface area (Å²) < 4.78 is 32.4. The van der Waals surface area contributed by atoms with Gasteiger partial charge in [0.25, 0.3) is 0 Å². The van der Waals surface area contributed by atoms with Crippen LogP contribution in [0.5, 0.6) is 0 Å². The summed E-state index contributed by atoms with van der Waals surface area (Å²) in [7, 11) is -3.45. The van der Waals surface area contributed by atoms with Gasteiger partial charge in [0.05, 0.1) is 16.3 Å². The van der Waals surface area contributed by atoms with E-state index in [0.29, 0.717) is 40.9 Å². The SMILES string of the molecule is O=S(=O)(c1cc(CCl)sc1Br)N1CCCOCC1. The average Bonchev–Trinajstić information content (AvgIpc) is 2.55. The molecule has 2 heterocycles. The molecule has 0 aliphatic carbocycles. The lowest BCUT2D eigenvalue weighted by molar-refractivity contribution is 0.148. The van der Waals surface area contributed by atoms with Gasteiger partial charge in [-0.05, 0) is 28.4 Å². The maximum absolute atomic E-state index is 12.5. The number of halogens is 2. The summed E-state index contributed by atoms with van der Waals surface area (Å²) in [5.41, 5.74) is 0. The minimum atomic E-state index is -3.45. The number of nitrogens with zero attached hydrogens (tertiary/aromatic N) is 1. The Hall–Kier alpha value is 0.340. The van der Waals surface area contributed by atoms with Crippen molar-refractivity contribution < 1.29 is 13.2 Å². The predicted octanol–water partition coefficient (Wildman–Crippen LogP) is 2.66. The molecule has 0 spiro atoms. The van der Waals surface area contributed by atoms with E-state index in [1.807, 2.05) is 0 Å². The van der Waals surface area contributed by atoms with Crippen LogP contribution in [0.2, 0.25) is 0 Å². The zero-order chi connectivity index (χ0) is 13.2. The van der Waals surface area contributed by atoms with Crippen molar-refractivity contribution in [1.82, 2.24) is 4.31 Å². The molecule has 1 aliphatic heterocycles. The molecule has 0 unspecified atom stereocenters. The zero-order valence-corrected chi connectivity index (χ0v) is 13.5. The van der Waals surface area contributed by atoms with Crippen LogP contribution < -0.4 is 0 Å². The normalized spacial score (nSPS) is 18.8. The smallest absolute Gasteiger partial charge is 0.245 e. The second kappa shape index (κ2) is 6.19. The van der Waals surface area contributed by atoms with Gasteiger partial charge in [0, 0.05) is 24.6 Å². The quantitative estimate of drug-likeness (QED) is 0.764. The van der Waals surface area contributed by atoms with Gasteiger partial charge in [0.2, 0.25) is 10.0 Å². The van der Waals surface area contributed by atoms with Crippen molar-refractivity contribution in [3.63, 3.8) is 0 Å². The third kappa shape index (κ3) is 3.08. The number of sulfonamides is 1. The van der Waals surface area contributed by atoms with Crippen molar-refractivity contribution in [3.05, 3.63) is 14.7 Å². The Morgan fingerprint density at radius 2 is 2.22 bits per heavy atom. The van der Waals surface area contributed by atoms with E-state index in [9.17, 15) is 8.42 Å². The van der Waals surface area contributed by atoms with Crippen molar-refractivity contribution in [3.8, 4) is 0 Å². The summed E-state index contributed by atoms with van der Waals surface area (Å²) >= 11 is 10.4. The molecule has 0 N–H and O–H groups in total. The molecule has 1 saturated heterocycles. The maximum Gasteiger partial charge on any atom is 0.245 e. The lowest BCUT2D eigenvalue weighted by Crippen LogP contribution is -2.33. The van der Waals surface area contributed by atoms with Crippen molar-refractivity contribution in [2.24, 2.45) is 0 Å². The molecule has 0 aromatic carbocycles. The molecule has 2 rings (SSSR count).